The molecule has 0 unspecified atom stereocenters. The molecular formula is C31H32FN7O5. The quantitative estimate of drug-likeness (QED) is 0.243. The Balaban J connectivity index is 1.24. The number of aromatic amines is 1. The Morgan fingerprint density at radius 1 is 1.05 bits per heavy atom. The summed E-state index contributed by atoms with van der Waals surface area (Å²) < 4.78 is 31.5. The molecule has 1 amide bonds. The number of primary amides is 1. The number of halogens is 1. The van der Waals surface area contributed by atoms with Gasteiger partial charge in [-0.15, -0.1) is 0 Å². The van der Waals surface area contributed by atoms with Crippen molar-refractivity contribution in [1.29, 1.82) is 0 Å². The number of aromatic nitrogens is 5. The smallest absolute Gasteiger partial charge is 0.317 e. The first-order chi connectivity index (χ1) is 21.2. The number of ether oxygens (including phenoxy) is 3. The van der Waals surface area contributed by atoms with E-state index in [4.69, 9.17) is 24.9 Å². The topological polar surface area (TPSA) is 167 Å². The second-order valence-electron chi connectivity index (χ2n) is 11.3. The third-order valence-electron chi connectivity index (χ3n) is 7.89. The number of pyridine rings is 1. The zero-order chi connectivity index (χ0) is 30.7. The molecule has 1 aliphatic carbocycles. The van der Waals surface area contributed by atoms with E-state index >= 15 is 0 Å². The number of rotatable bonds is 8. The number of amides is 1. The minimum Gasteiger partial charge on any atom is -0.448 e. The third kappa shape index (κ3) is 6.01. The normalized spacial score (nSPS) is 21.4. The monoisotopic (exact) mass is 601 g/mol. The van der Waals surface area contributed by atoms with Gasteiger partial charge in [0.15, 0.2) is 11.4 Å². The zero-order valence-electron chi connectivity index (χ0n) is 24.1. The van der Waals surface area contributed by atoms with Gasteiger partial charge >= 0.3 is 5.97 Å². The number of hydrogen-bond donors (Lipinski definition) is 3. The Bertz CT molecular complexity index is 1630. The van der Waals surface area contributed by atoms with Gasteiger partial charge in [0.1, 0.15) is 11.2 Å². The van der Waals surface area contributed by atoms with Crippen LogP contribution in [-0.2, 0) is 23.8 Å². The highest BCUT2D eigenvalue weighted by Crippen LogP contribution is 2.38. The lowest BCUT2D eigenvalue weighted by molar-refractivity contribution is -0.243. The van der Waals surface area contributed by atoms with Gasteiger partial charge in [-0.2, -0.15) is 0 Å². The SMILES string of the molecule is CC1(C(=O)OC2(C(N)=O)CCCCC2)COC(c2nc(-c3ccc(F)cc3)c(-c3ccnc(Nc4cccnc4)n3)[nH]2)OC1. The van der Waals surface area contributed by atoms with Crippen molar-refractivity contribution in [2.24, 2.45) is 11.1 Å². The van der Waals surface area contributed by atoms with E-state index in [1.165, 1.54) is 12.1 Å². The van der Waals surface area contributed by atoms with Gasteiger partial charge in [0.2, 0.25) is 12.2 Å². The van der Waals surface area contributed by atoms with E-state index < -0.39 is 29.2 Å². The number of H-pyrrole nitrogens is 1. The van der Waals surface area contributed by atoms with Crippen LogP contribution in [0.15, 0.2) is 61.1 Å². The lowest BCUT2D eigenvalue weighted by Gasteiger charge is -2.39. The number of esters is 1. The van der Waals surface area contributed by atoms with Crippen LogP contribution in [0.2, 0.25) is 0 Å². The molecule has 3 aromatic heterocycles. The van der Waals surface area contributed by atoms with Crippen LogP contribution in [0.5, 0.6) is 0 Å². The zero-order valence-corrected chi connectivity index (χ0v) is 24.1. The number of anilines is 2. The predicted molar refractivity (Wildman–Crippen MR) is 156 cm³/mol. The molecule has 44 heavy (non-hydrogen) atoms. The summed E-state index contributed by atoms with van der Waals surface area (Å²) in [5.41, 5.74) is 6.08. The maximum Gasteiger partial charge on any atom is 0.317 e. The molecule has 2 aliphatic rings. The Kier molecular flexibility index (Phi) is 8.06. The molecule has 4 heterocycles. The molecule has 1 aromatic carbocycles. The fraction of sp³-hybridized carbons (Fsp3) is 0.355. The summed E-state index contributed by atoms with van der Waals surface area (Å²) in [7, 11) is 0. The number of carbonyl (C=O) groups is 2. The number of nitrogens with one attached hydrogen (secondary N) is 2. The molecule has 1 saturated carbocycles. The van der Waals surface area contributed by atoms with Crippen molar-refractivity contribution < 1.29 is 28.2 Å². The van der Waals surface area contributed by atoms with E-state index in [1.807, 2.05) is 6.07 Å². The number of nitrogens with zero attached hydrogens (tertiary/aromatic N) is 4. The van der Waals surface area contributed by atoms with Crippen molar-refractivity contribution in [3.8, 4) is 22.6 Å². The van der Waals surface area contributed by atoms with Crippen molar-refractivity contribution in [3.63, 3.8) is 0 Å². The van der Waals surface area contributed by atoms with E-state index in [0.717, 1.165) is 19.3 Å². The molecule has 0 atom stereocenters. The van der Waals surface area contributed by atoms with Crippen LogP contribution < -0.4 is 11.1 Å². The molecule has 0 spiro atoms. The summed E-state index contributed by atoms with van der Waals surface area (Å²) in [6.07, 6.45) is 7.25. The summed E-state index contributed by atoms with van der Waals surface area (Å²) in [5, 5.41) is 3.12. The fourth-order valence-corrected chi connectivity index (χ4v) is 5.34. The molecule has 13 heteroatoms. The maximum atomic E-state index is 13.8. The number of hydrogen-bond acceptors (Lipinski definition) is 10. The Morgan fingerprint density at radius 2 is 1.80 bits per heavy atom. The second-order valence-corrected chi connectivity index (χ2v) is 11.3. The van der Waals surface area contributed by atoms with Crippen LogP contribution >= 0.6 is 0 Å². The maximum absolute atomic E-state index is 13.8. The van der Waals surface area contributed by atoms with E-state index in [0.29, 0.717) is 52.9 Å². The second kappa shape index (κ2) is 12.1. The van der Waals surface area contributed by atoms with Crippen molar-refractivity contribution in [1.82, 2.24) is 24.9 Å². The summed E-state index contributed by atoms with van der Waals surface area (Å²) >= 11 is 0. The Labute approximate surface area is 252 Å². The van der Waals surface area contributed by atoms with Gasteiger partial charge in [-0.3, -0.25) is 14.6 Å². The van der Waals surface area contributed by atoms with E-state index in [-0.39, 0.29) is 19.0 Å². The fourth-order valence-electron chi connectivity index (χ4n) is 5.34. The Hall–Kier alpha value is -4.75. The van der Waals surface area contributed by atoms with Crippen molar-refractivity contribution >= 4 is 23.5 Å². The number of imidazole rings is 1. The number of nitrogens with two attached hydrogens (primary N) is 1. The first-order valence-corrected chi connectivity index (χ1v) is 14.4. The Morgan fingerprint density at radius 3 is 2.48 bits per heavy atom. The van der Waals surface area contributed by atoms with Gasteiger partial charge < -0.3 is 30.2 Å². The summed E-state index contributed by atoms with van der Waals surface area (Å²) in [6.45, 7) is 1.58. The van der Waals surface area contributed by atoms with Crippen LogP contribution in [0.3, 0.4) is 0 Å². The van der Waals surface area contributed by atoms with Gasteiger partial charge in [0.25, 0.3) is 5.91 Å². The molecular weight excluding hydrogens is 569 g/mol. The van der Waals surface area contributed by atoms with E-state index in [9.17, 15) is 14.0 Å². The molecule has 12 nitrogen and oxygen atoms in total. The van der Waals surface area contributed by atoms with E-state index in [2.05, 4.69) is 25.3 Å². The number of benzene rings is 1. The molecule has 2 fully saturated rings. The molecule has 228 valence electrons. The molecule has 0 radical (unpaired) electrons. The van der Waals surface area contributed by atoms with Crippen LogP contribution in [-0.4, -0.2) is 55.6 Å². The lowest BCUT2D eigenvalue weighted by Crippen LogP contribution is -2.53. The average Bonchev–Trinajstić information content (AvgIpc) is 3.48. The van der Waals surface area contributed by atoms with Gasteiger partial charge in [-0.25, -0.2) is 19.3 Å². The van der Waals surface area contributed by atoms with Crippen molar-refractivity contribution in [2.75, 3.05) is 18.5 Å². The van der Waals surface area contributed by atoms with Gasteiger partial charge in [-0.05, 0) is 75.1 Å². The van der Waals surface area contributed by atoms with Gasteiger partial charge in [0.05, 0.1) is 42.2 Å². The molecule has 6 rings (SSSR count). The van der Waals surface area contributed by atoms with Gasteiger partial charge in [-0.1, -0.05) is 6.42 Å². The molecule has 4 aromatic rings. The standard InChI is InChI=1S/C31H32FN7O5/c1-30(28(41)44-31(27(33)40)12-3-2-4-13-31)17-42-26(43-18-30)25-38-23(19-7-9-20(32)10-8-19)24(39-25)22-11-15-35-29(37-22)36-21-6-5-14-34-16-21/h5-11,14-16,26H,2-4,12-13,17-18H2,1H3,(H2,33,40)(H,38,39)(H,35,36,37). The summed E-state index contributed by atoms with van der Waals surface area (Å²) in [4.78, 5) is 46.6. The highest BCUT2D eigenvalue weighted by molar-refractivity contribution is 5.88. The summed E-state index contributed by atoms with van der Waals surface area (Å²) in [5.74, 6) is -0.950. The van der Waals surface area contributed by atoms with Crippen molar-refractivity contribution in [3.05, 3.63) is 72.7 Å². The minimum atomic E-state index is -1.31. The molecule has 1 saturated heterocycles. The third-order valence-corrected chi connectivity index (χ3v) is 7.89. The highest BCUT2D eigenvalue weighted by atomic mass is 19.1. The van der Waals surface area contributed by atoms with Crippen LogP contribution in [0.25, 0.3) is 22.6 Å². The highest BCUT2D eigenvalue weighted by Gasteiger charge is 2.48. The van der Waals surface area contributed by atoms with Crippen LogP contribution in [0.1, 0.15) is 51.1 Å². The first-order valence-electron chi connectivity index (χ1n) is 14.4. The molecule has 1 aliphatic heterocycles. The van der Waals surface area contributed by atoms with E-state index in [1.54, 1.807) is 49.8 Å². The predicted octanol–water partition coefficient (Wildman–Crippen LogP) is 4.59. The molecule has 4 N–H and O–H groups in total. The summed E-state index contributed by atoms with van der Waals surface area (Å²) in [6, 6.07) is 11.3. The lowest BCUT2D eigenvalue weighted by atomic mass is 9.83. The van der Waals surface area contributed by atoms with Crippen LogP contribution in [0, 0.1) is 11.2 Å². The largest absolute Gasteiger partial charge is 0.448 e. The average molecular weight is 602 g/mol. The number of carbonyl (C=O) groups excluding carboxylic acids is 2. The first kappa shape index (κ1) is 29.3. The minimum absolute atomic E-state index is 0.0417. The van der Waals surface area contributed by atoms with Gasteiger partial charge in [0, 0.05) is 18.0 Å². The van der Waals surface area contributed by atoms with Crippen LogP contribution in [0.4, 0.5) is 16.0 Å². The molecule has 0 bridgehead atoms. The van der Waals surface area contributed by atoms with Crippen molar-refractivity contribution in [2.45, 2.75) is 50.9 Å².